The van der Waals surface area contributed by atoms with Crippen LogP contribution in [-0.4, -0.2) is 25.0 Å². The van der Waals surface area contributed by atoms with Crippen molar-refractivity contribution in [3.8, 4) is 11.5 Å². The van der Waals surface area contributed by atoms with Gasteiger partial charge in [0.2, 0.25) is 0 Å². The molecule has 0 spiro atoms. The number of fused-ring (bicyclic) bond motifs is 1. The quantitative estimate of drug-likeness (QED) is 0.688. The zero-order valence-corrected chi connectivity index (χ0v) is 14.4. The summed E-state index contributed by atoms with van der Waals surface area (Å²) in [5.41, 5.74) is 3.36. The van der Waals surface area contributed by atoms with E-state index < -0.39 is 11.9 Å². The molecular formula is C20H21NO4. The van der Waals surface area contributed by atoms with E-state index in [-0.39, 0.29) is 17.4 Å². The van der Waals surface area contributed by atoms with Crippen LogP contribution in [0.1, 0.15) is 36.5 Å². The fourth-order valence-electron chi connectivity index (χ4n) is 3.19. The second-order valence-corrected chi connectivity index (χ2v) is 6.10. The Morgan fingerprint density at radius 1 is 1.00 bits per heavy atom. The molecule has 2 aromatic carbocycles. The summed E-state index contributed by atoms with van der Waals surface area (Å²) in [6, 6.07) is 13.8. The summed E-state index contributed by atoms with van der Waals surface area (Å²) in [4.78, 5) is 22.9. The van der Waals surface area contributed by atoms with Gasteiger partial charge in [0, 0.05) is 26.3 Å². The normalized spacial score (nSPS) is 16.5. The Kier molecular flexibility index (Phi) is 5.14. The molecule has 130 valence electrons. The molecule has 0 fully saturated rings. The topological polar surface area (TPSA) is 64.6 Å². The summed E-state index contributed by atoms with van der Waals surface area (Å²) >= 11 is 0. The minimum Gasteiger partial charge on any atom is -0.423 e. The molecule has 5 heteroatoms. The first-order valence-corrected chi connectivity index (χ1v) is 8.34. The van der Waals surface area contributed by atoms with E-state index in [4.69, 9.17) is 9.47 Å². The largest absolute Gasteiger partial charge is 0.423 e. The van der Waals surface area contributed by atoms with Gasteiger partial charge in [-0.1, -0.05) is 30.3 Å². The van der Waals surface area contributed by atoms with Crippen molar-refractivity contribution in [2.24, 2.45) is 0 Å². The lowest BCUT2D eigenvalue weighted by molar-refractivity contribution is -0.134. The summed E-state index contributed by atoms with van der Waals surface area (Å²) in [6.45, 7) is 4.29. The fraction of sp³-hybridized carbons (Fsp3) is 0.300. The standard InChI is InChI=1S/C20H21NO4/c1-13(22)24-19-10-16-8-9-21-12-18(15-6-4-3-5-7-15)17(16)11-20(19)25-14(2)23/h3-7,10-11,18,21H,8-9,12H2,1-2H3. The maximum atomic E-state index is 11.5. The van der Waals surface area contributed by atoms with Crippen molar-refractivity contribution in [3.05, 3.63) is 59.2 Å². The lowest BCUT2D eigenvalue weighted by Crippen LogP contribution is -2.20. The van der Waals surface area contributed by atoms with Crippen molar-refractivity contribution < 1.29 is 19.1 Å². The number of nitrogens with one attached hydrogen (secondary N) is 1. The first-order valence-electron chi connectivity index (χ1n) is 8.34. The molecule has 1 heterocycles. The number of ether oxygens (including phenoxy) is 2. The van der Waals surface area contributed by atoms with Crippen LogP contribution in [0.15, 0.2) is 42.5 Å². The summed E-state index contributed by atoms with van der Waals surface area (Å²) in [5.74, 6) is -0.185. The molecule has 0 aromatic heterocycles. The maximum Gasteiger partial charge on any atom is 0.308 e. The smallest absolute Gasteiger partial charge is 0.308 e. The van der Waals surface area contributed by atoms with Crippen LogP contribution < -0.4 is 14.8 Å². The van der Waals surface area contributed by atoms with Crippen LogP contribution in [0, 0.1) is 0 Å². The average molecular weight is 339 g/mol. The van der Waals surface area contributed by atoms with Crippen LogP contribution in [-0.2, 0) is 16.0 Å². The average Bonchev–Trinajstić information content (AvgIpc) is 2.77. The van der Waals surface area contributed by atoms with Crippen molar-refractivity contribution in [1.82, 2.24) is 5.32 Å². The summed E-state index contributed by atoms with van der Waals surface area (Å²) in [7, 11) is 0. The van der Waals surface area contributed by atoms with Gasteiger partial charge in [0.25, 0.3) is 0 Å². The summed E-state index contributed by atoms with van der Waals surface area (Å²) in [6.07, 6.45) is 0.813. The molecule has 2 aromatic rings. The number of carbonyl (C=O) groups is 2. The number of benzene rings is 2. The highest BCUT2D eigenvalue weighted by Gasteiger charge is 2.24. The van der Waals surface area contributed by atoms with Gasteiger partial charge in [-0.3, -0.25) is 9.59 Å². The molecule has 1 aliphatic heterocycles. The molecule has 3 rings (SSSR count). The van der Waals surface area contributed by atoms with Gasteiger partial charge in [0.1, 0.15) is 0 Å². The molecule has 5 nitrogen and oxygen atoms in total. The molecule has 25 heavy (non-hydrogen) atoms. The highest BCUT2D eigenvalue weighted by Crippen LogP contribution is 2.38. The van der Waals surface area contributed by atoms with Crippen molar-refractivity contribution in [2.75, 3.05) is 13.1 Å². The third kappa shape index (κ3) is 4.06. The van der Waals surface area contributed by atoms with Crippen LogP contribution in [0.25, 0.3) is 0 Å². The van der Waals surface area contributed by atoms with Crippen molar-refractivity contribution in [1.29, 1.82) is 0 Å². The molecule has 0 saturated carbocycles. The predicted molar refractivity (Wildman–Crippen MR) is 93.9 cm³/mol. The highest BCUT2D eigenvalue weighted by atomic mass is 16.6. The Labute approximate surface area is 147 Å². The first kappa shape index (κ1) is 17.2. The SMILES string of the molecule is CC(=O)Oc1cc2c(cc1OC(C)=O)C(c1ccccc1)CNCC2. The van der Waals surface area contributed by atoms with Gasteiger partial charge in [0.15, 0.2) is 11.5 Å². The van der Waals surface area contributed by atoms with Crippen LogP contribution in [0.3, 0.4) is 0 Å². The van der Waals surface area contributed by atoms with Crippen molar-refractivity contribution >= 4 is 11.9 Å². The molecule has 0 amide bonds. The van der Waals surface area contributed by atoms with Crippen molar-refractivity contribution in [3.63, 3.8) is 0 Å². The fourth-order valence-corrected chi connectivity index (χ4v) is 3.19. The lowest BCUT2D eigenvalue weighted by atomic mass is 9.88. The Morgan fingerprint density at radius 3 is 2.28 bits per heavy atom. The van der Waals surface area contributed by atoms with E-state index in [2.05, 4.69) is 17.4 Å². The van der Waals surface area contributed by atoms with E-state index in [1.807, 2.05) is 30.3 Å². The molecule has 1 atom stereocenters. The van der Waals surface area contributed by atoms with E-state index in [0.29, 0.717) is 0 Å². The minimum atomic E-state index is -0.448. The zero-order valence-electron chi connectivity index (χ0n) is 14.4. The van der Waals surface area contributed by atoms with E-state index in [1.165, 1.54) is 19.4 Å². The zero-order chi connectivity index (χ0) is 17.8. The van der Waals surface area contributed by atoms with Gasteiger partial charge in [-0.2, -0.15) is 0 Å². The summed E-state index contributed by atoms with van der Waals surface area (Å²) < 4.78 is 10.6. The van der Waals surface area contributed by atoms with Gasteiger partial charge >= 0.3 is 11.9 Å². The number of hydrogen-bond donors (Lipinski definition) is 1. The van der Waals surface area contributed by atoms with Gasteiger partial charge < -0.3 is 14.8 Å². The molecule has 0 saturated heterocycles. The van der Waals surface area contributed by atoms with E-state index >= 15 is 0 Å². The lowest BCUT2D eigenvalue weighted by Gasteiger charge is -2.20. The molecule has 0 bridgehead atoms. The van der Waals surface area contributed by atoms with Crippen molar-refractivity contribution in [2.45, 2.75) is 26.2 Å². The molecule has 1 unspecified atom stereocenters. The predicted octanol–water partition coefficient (Wildman–Crippen LogP) is 2.81. The molecule has 1 aliphatic rings. The second kappa shape index (κ2) is 7.49. The Bertz CT molecular complexity index is 786. The van der Waals surface area contributed by atoms with Gasteiger partial charge in [-0.25, -0.2) is 0 Å². The maximum absolute atomic E-state index is 11.5. The van der Waals surface area contributed by atoms with Gasteiger partial charge in [-0.15, -0.1) is 0 Å². The minimum absolute atomic E-state index is 0.138. The number of hydrogen-bond acceptors (Lipinski definition) is 5. The van der Waals surface area contributed by atoms with Crippen LogP contribution in [0.5, 0.6) is 11.5 Å². The van der Waals surface area contributed by atoms with Gasteiger partial charge in [-0.05, 0) is 41.8 Å². The highest BCUT2D eigenvalue weighted by molar-refractivity contribution is 5.74. The van der Waals surface area contributed by atoms with Crippen LogP contribution in [0.4, 0.5) is 0 Å². The van der Waals surface area contributed by atoms with Gasteiger partial charge in [0.05, 0.1) is 0 Å². The Morgan fingerprint density at radius 2 is 1.64 bits per heavy atom. The van der Waals surface area contributed by atoms with E-state index in [9.17, 15) is 9.59 Å². The van der Waals surface area contributed by atoms with E-state index in [1.54, 1.807) is 0 Å². The molecule has 0 radical (unpaired) electrons. The van der Waals surface area contributed by atoms with Crippen LogP contribution in [0.2, 0.25) is 0 Å². The van der Waals surface area contributed by atoms with Crippen LogP contribution >= 0.6 is 0 Å². The third-order valence-corrected chi connectivity index (χ3v) is 4.21. The summed E-state index contributed by atoms with van der Waals surface area (Å²) in [5, 5.41) is 3.45. The number of carbonyl (C=O) groups excluding carboxylic acids is 2. The second-order valence-electron chi connectivity index (χ2n) is 6.10. The van der Waals surface area contributed by atoms with E-state index in [0.717, 1.165) is 30.6 Å². The Hall–Kier alpha value is -2.66. The molecule has 0 aliphatic carbocycles. The molecule has 1 N–H and O–H groups in total. The monoisotopic (exact) mass is 339 g/mol. The number of rotatable bonds is 3. The Balaban J connectivity index is 2.10. The molecular weight excluding hydrogens is 318 g/mol. The number of esters is 2. The third-order valence-electron chi connectivity index (χ3n) is 4.21. The first-order chi connectivity index (χ1) is 12.0.